The van der Waals surface area contributed by atoms with E-state index < -0.39 is 5.54 Å². The second-order valence-electron chi connectivity index (χ2n) is 6.78. The molecule has 2 aromatic rings. The van der Waals surface area contributed by atoms with Gasteiger partial charge in [0.25, 0.3) is 5.91 Å². The average Bonchev–Trinajstić information content (AvgIpc) is 3.33. The van der Waals surface area contributed by atoms with Crippen LogP contribution in [0.4, 0.5) is 0 Å². The van der Waals surface area contributed by atoms with Crippen LogP contribution in [-0.2, 0) is 0 Å². The van der Waals surface area contributed by atoms with Gasteiger partial charge in [0.2, 0.25) is 0 Å². The van der Waals surface area contributed by atoms with Crippen LogP contribution in [-0.4, -0.2) is 40.6 Å². The van der Waals surface area contributed by atoms with Crippen LogP contribution in [0.1, 0.15) is 35.9 Å². The maximum atomic E-state index is 12.7. The molecule has 0 unspecified atom stereocenters. The summed E-state index contributed by atoms with van der Waals surface area (Å²) in [5.41, 5.74) is 0.0703. The fourth-order valence-corrected chi connectivity index (χ4v) is 3.66. The van der Waals surface area contributed by atoms with Crippen molar-refractivity contribution in [2.45, 2.75) is 37.1 Å². The number of aliphatic hydroxyl groups is 2. The Balaban J connectivity index is 1.88. The fourth-order valence-electron chi connectivity index (χ4n) is 2.54. The number of hydrogen-bond donors (Lipinski definition) is 3. The number of hydrogen-bond acceptors (Lipinski definition) is 5. The summed E-state index contributed by atoms with van der Waals surface area (Å²) in [5.74, 6) is 2.12. The zero-order chi connectivity index (χ0) is 17.3. The van der Waals surface area contributed by atoms with Gasteiger partial charge in [0.05, 0.1) is 24.3 Å². The van der Waals surface area contributed by atoms with E-state index in [0.29, 0.717) is 16.9 Å². The zero-order valence-electron chi connectivity index (χ0n) is 14.0. The highest BCUT2D eigenvalue weighted by Crippen LogP contribution is 2.36. The Morgan fingerprint density at radius 1 is 1.38 bits per heavy atom. The van der Waals surface area contributed by atoms with Crippen molar-refractivity contribution in [3.63, 3.8) is 0 Å². The van der Waals surface area contributed by atoms with Gasteiger partial charge in [0.15, 0.2) is 0 Å². The molecule has 0 bridgehead atoms. The number of carbonyl (C=O) groups excluding carboxylic acids is 1. The minimum atomic E-state index is -1.06. The minimum Gasteiger partial charge on any atom is -0.461 e. The third-order valence-electron chi connectivity index (χ3n) is 4.36. The van der Waals surface area contributed by atoms with E-state index in [1.165, 1.54) is 12.8 Å². The number of fused-ring (bicyclic) bond motifs is 1. The largest absolute Gasteiger partial charge is 0.461 e. The summed E-state index contributed by atoms with van der Waals surface area (Å²) in [5, 5.41) is 22.2. The van der Waals surface area contributed by atoms with Crippen molar-refractivity contribution in [2.75, 3.05) is 19.0 Å². The van der Waals surface area contributed by atoms with Crippen molar-refractivity contribution in [3.05, 3.63) is 29.5 Å². The lowest BCUT2D eigenvalue weighted by Gasteiger charge is -2.26. The highest BCUT2D eigenvalue weighted by Gasteiger charge is 2.28. The summed E-state index contributed by atoms with van der Waals surface area (Å²) < 4.78 is 5.70. The van der Waals surface area contributed by atoms with Crippen LogP contribution in [0.3, 0.4) is 0 Å². The number of aryl methyl sites for hydroxylation is 1. The topological polar surface area (TPSA) is 82.7 Å². The van der Waals surface area contributed by atoms with Crippen molar-refractivity contribution in [1.82, 2.24) is 5.32 Å². The normalized spacial score (nSPS) is 15.0. The number of rotatable bonds is 7. The molecule has 0 aliphatic heterocycles. The summed E-state index contributed by atoms with van der Waals surface area (Å²) in [6.45, 7) is 2.67. The van der Waals surface area contributed by atoms with E-state index in [1.807, 2.05) is 18.2 Å². The van der Waals surface area contributed by atoms with E-state index in [2.05, 4.69) is 5.32 Å². The third-order valence-corrected chi connectivity index (χ3v) is 5.58. The Morgan fingerprint density at radius 3 is 2.71 bits per heavy atom. The molecule has 1 amide bonds. The molecule has 0 spiro atoms. The summed E-state index contributed by atoms with van der Waals surface area (Å²) >= 11 is 1.80. The predicted molar refractivity (Wildman–Crippen MR) is 94.4 cm³/mol. The van der Waals surface area contributed by atoms with Crippen molar-refractivity contribution < 1.29 is 19.4 Å². The van der Waals surface area contributed by atoms with Gasteiger partial charge in [-0.05, 0) is 50.8 Å². The van der Waals surface area contributed by atoms with Gasteiger partial charge in [-0.15, -0.1) is 11.8 Å². The van der Waals surface area contributed by atoms with Crippen LogP contribution in [0.5, 0.6) is 0 Å². The highest BCUT2D eigenvalue weighted by molar-refractivity contribution is 7.99. The SMILES string of the molecule is Cc1oc2ccc(SCC3CC3)cc2c1C(=O)NC(C)(CO)CO. The maximum Gasteiger partial charge on any atom is 0.256 e. The van der Waals surface area contributed by atoms with Gasteiger partial charge >= 0.3 is 0 Å². The molecule has 1 aliphatic carbocycles. The fraction of sp³-hybridized carbons (Fsp3) is 0.500. The summed E-state index contributed by atoms with van der Waals surface area (Å²) in [4.78, 5) is 13.8. The monoisotopic (exact) mass is 349 g/mol. The molecule has 5 nitrogen and oxygen atoms in total. The second kappa shape index (κ2) is 6.78. The van der Waals surface area contributed by atoms with Crippen LogP contribution in [0.2, 0.25) is 0 Å². The molecule has 0 atom stereocenters. The molecule has 1 aromatic heterocycles. The van der Waals surface area contributed by atoms with Crippen molar-refractivity contribution in [3.8, 4) is 0 Å². The highest BCUT2D eigenvalue weighted by atomic mass is 32.2. The van der Waals surface area contributed by atoms with E-state index in [-0.39, 0.29) is 19.1 Å². The molecule has 1 fully saturated rings. The van der Waals surface area contributed by atoms with E-state index in [4.69, 9.17) is 4.42 Å². The predicted octanol–water partition coefficient (Wildman–Crippen LogP) is 2.72. The van der Waals surface area contributed by atoms with Gasteiger partial charge in [-0.3, -0.25) is 4.79 Å². The van der Waals surface area contributed by atoms with Gasteiger partial charge in [0.1, 0.15) is 11.3 Å². The Hall–Kier alpha value is -1.50. The number of aliphatic hydroxyl groups excluding tert-OH is 2. The molecule has 0 radical (unpaired) electrons. The van der Waals surface area contributed by atoms with Crippen LogP contribution >= 0.6 is 11.8 Å². The molecule has 0 saturated heterocycles. The van der Waals surface area contributed by atoms with Gasteiger partial charge in [0, 0.05) is 16.0 Å². The van der Waals surface area contributed by atoms with Crippen LogP contribution < -0.4 is 5.32 Å². The van der Waals surface area contributed by atoms with E-state index in [0.717, 1.165) is 22.0 Å². The Labute approximate surface area is 145 Å². The van der Waals surface area contributed by atoms with E-state index in [1.54, 1.807) is 25.6 Å². The number of benzene rings is 1. The molecule has 130 valence electrons. The molecule has 1 saturated carbocycles. The maximum absolute atomic E-state index is 12.7. The Kier molecular flexibility index (Phi) is 4.90. The molecule has 1 aliphatic rings. The van der Waals surface area contributed by atoms with Crippen molar-refractivity contribution in [2.24, 2.45) is 5.92 Å². The number of carbonyl (C=O) groups is 1. The third kappa shape index (κ3) is 3.61. The van der Waals surface area contributed by atoms with Crippen LogP contribution in [0.15, 0.2) is 27.5 Å². The van der Waals surface area contributed by atoms with Gasteiger partial charge < -0.3 is 19.9 Å². The van der Waals surface area contributed by atoms with Gasteiger partial charge in [-0.25, -0.2) is 0 Å². The zero-order valence-corrected chi connectivity index (χ0v) is 14.8. The lowest BCUT2D eigenvalue weighted by atomic mass is 10.0. The molecular formula is C18H23NO4S. The molecule has 24 heavy (non-hydrogen) atoms. The summed E-state index contributed by atoms with van der Waals surface area (Å²) in [6, 6.07) is 5.90. The van der Waals surface area contributed by atoms with E-state index in [9.17, 15) is 15.0 Å². The first-order valence-electron chi connectivity index (χ1n) is 8.16. The molecule has 6 heteroatoms. The molecular weight excluding hydrogens is 326 g/mol. The van der Waals surface area contributed by atoms with Crippen molar-refractivity contribution >= 4 is 28.6 Å². The Morgan fingerprint density at radius 2 is 2.08 bits per heavy atom. The molecule has 3 N–H and O–H groups in total. The van der Waals surface area contributed by atoms with Gasteiger partial charge in [-0.1, -0.05) is 0 Å². The quantitative estimate of drug-likeness (QED) is 0.670. The first-order chi connectivity index (χ1) is 11.5. The average molecular weight is 349 g/mol. The van der Waals surface area contributed by atoms with Crippen LogP contribution in [0.25, 0.3) is 11.0 Å². The Bertz CT molecular complexity index is 747. The number of amides is 1. The smallest absolute Gasteiger partial charge is 0.256 e. The second-order valence-corrected chi connectivity index (χ2v) is 7.87. The molecule has 1 heterocycles. The lowest BCUT2D eigenvalue weighted by Crippen LogP contribution is -2.51. The first-order valence-corrected chi connectivity index (χ1v) is 9.14. The molecule has 1 aromatic carbocycles. The molecule has 3 rings (SSSR count). The standard InChI is InChI=1S/C18H23NO4S/c1-11-16(17(22)19-18(2,9-20)10-21)14-7-13(5-6-15(14)23-11)24-8-12-3-4-12/h5-7,12,20-21H,3-4,8-10H2,1-2H3,(H,19,22). The lowest BCUT2D eigenvalue weighted by molar-refractivity contribution is 0.0723. The van der Waals surface area contributed by atoms with E-state index >= 15 is 0 Å². The number of furan rings is 1. The first kappa shape index (κ1) is 17.3. The summed E-state index contributed by atoms with van der Waals surface area (Å²) in [7, 11) is 0. The van der Waals surface area contributed by atoms with Crippen molar-refractivity contribution in [1.29, 1.82) is 0 Å². The minimum absolute atomic E-state index is 0.341. The summed E-state index contributed by atoms with van der Waals surface area (Å²) in [6.07, 6.45) is 2.63. The number of nitrogens with one attached hydrogen (secondary N) is 1. The van der Waals surface area contributed by atoms with Crippen LogP contribution in [0, 0.1) is 12.8 Å². The number of thioether (sulfide) groups is 1. The van der Waals surface area contributed by atoms with Gasteiger partial charge in [-0.2, -0.15) is 0 Å².